The van der Waals surface area contributed by atoms with Crippen molar-refractivity contribution < 1.29 is 18.7 Å². The number of nitrogens with zero attached hydrogens (tertiary/aromatic N) is 1. The zero-order chi connectivity index (χ0) is 20.6. The highest BCUT2D eigenvalue weighted by atomic mass is 19.1. The molecule has 0 fully saturated rings. The summed E-state index contributed by atoms with van der Waals surface area (Å²) < 4.78 is 23.8. The Bertz CT molecular complexity index is 995. The number of hydrogen-bond donors (Lipinski definition) is 2. The van der Waals surface area contributed by atoms with E-state index >= 15 is 0 Å². The van der Waals surface area contributed by atoms with Gasteiger partial charge in [-0.3, -0.25) is 4.79 Å². The van der Waals surface area contributed by atoms with Gasteiger partial charge in [0.1, 0.15) is 11.6 Å². The third-order valence-electron chi connectivity index (χ3n) is 4.27. The highest BCUT2D eigenvalue weighted by molar-refractivity contribution is 5.94. The van der Waals surface area contributed by atoms with Crippen molar-refractivity contribution in [2.75, 3.05) is 26.1 Å². The van der Waals surface area contributed by atoms with Gasteiger partial charge in [-0.2, -0.15) is 0 Å². The van der Waals surface area contributed by atoms with Crippen LogP contribution in [0.15, 0.2) is 60.8 Å². The number of nitrogens with one attached hydrogen (secondary N) is 2. The zero-order valence-electron chi connectivity index (χ0n) is 16.2. The maximum absolute atomic E-state index is 13.3. The molecule has 3 aromatic rings. The Labute approximate surface area is 168 Å². The van der Waals surface area contributed by atoms with Crippen molar-refractivity contribution in [3.05, 3.63) is 77.7 Å². The van der Waals surface area contributed by atoms with Gasteiger partial charge in [0.15, 0.2) is 11.5 Å². The minimum absolute atomic E-state index is 0.213. The van der Waals surface area contributed by atoms with Gasteiger partial charge in [-0.15, -0.1) is 0 Å². The van der Waals surface area contributed by atoms with Crippen LogP contribution >= 0.6 is 0 Å². The lowest BCUT2D eigenvalue weighted by Crippen LogP contribution is -2.25. The minimum atomic E-state index is -0.348. The maximum Gasteiger partial charge on any atom is 0.251 e. The summed E-state index contributed by atoms with van der Waals surface area (Å²) >= 11 is 0. The summed E-state index contributed by atoms with van der Waals surface area (Å²) in [6, 6.07) is 14.9. The first-order valence-electron chi connectivity index (χ1n) is 9.07. The van der Waals surface area contributed by atoms with Crippen LogP contribution in [0.4, 0.5) is 15.9 Å². The second kappa shape index (κ2) is 9.54. The number of methoxy groups -OCH3 is 2. The number of halogens is 1. The smallest absolute Gasteiger partial charge is 0.251 e. The van der Waals surface area contributed by atoms with Crippen molar-refractivity contribution in [2.24, 2.45) is 0 Å². The van der Waals surface area contributed by atoms with Gasteiger partial charge in [-0.05, 0) is 54.4 Å². The number of benzene rings is 2. The highest BCUT2D eigenvalue weighted by Gasteiger charge is 2.08. The third-order valence-corrected chi connectivity index (χ3v) is 4.27. The molecule has 0 atom stereocenters. The first kappa shape index (κ1) is 20.1. The molecule has 1 aromatic heterocycles. The number of carbonyl (C=O) groups is 1. The van der Waals surface area contributed by atoms with Crippen molar-refractivity contribution in [1.82, 2.24) is 10.3 Å². The topological polar surface area (TPSA) is 72.5 Å². The molecule has 29 heavy (non-hydrogen) atoms. The van der Waals surface area contributed by atoms with Crippen molar-refractivity contribution in [3.8, 4) is 11.5 Å². The van der Waals surface area contributed by atoms with Gasteiger partial charge in [0.05, 0.1) is 14.2 Å². The molecule has 0 aliphatic rings. The molecule has 0 aliphatic carbocycles. The van der Waals surface area contributed by atoms with Gasteiger partial charge in [0.25, 0.3) is 5.91 Å². The molecule has 7 heteroatoms. The number of amides is 1. The third kappa shape index (κ3) is 5.44. The van der Waals surface area contributed by atoms with Crippen LogP contribution in [-0.4, -0.2) is 31.7 Å². The number of ether oxygens (including phenoxy) is 2. The van der Waals surface area contributed by atoms with E-state index in [4.69, 9.17) is 9.47 Å². The molecule has 1 heterocycles. The minimum Gasteiger partial charge on any atom is -0.493 e. The van der Waals surface area contributed by atoms with E-state index in [0.717, 1.165) is 5.56 Å². The fraction of sp³-hybridized carbons (Fsp3) is 0.182. The summed E-state index contributed by atoms with van der Waals surface area (Å²) in [7, 11) is 3.17. The molecule has 150 valence electrons. The van der Waals surface area contributed by atoms with Crippen molar-refractivity contribution in [1.29, 1.82) is 0 Å². The van der Waals surface area contributed by atoms with Crippen molar-refractivity contribution >= 4 is 17.4 Å². The van der Waals surface area contributed by atoms with E-state index in [1.807, 2.05) is 18.2 Å². The second-order valence-corrected chi connectivity index (χ2v) is 6.26. The molecule has 0 radical (unpaired) electrons. The van der Waals surface area contributed by atoms with Crippen LogP contribution in [0.3, 0.4) is 0 Å². The monoisotopic (exact) mass is 395 g/mol. The highest BCUT2D eigenvalue weighted by Crippen LogP contribution is 2.27. The Balaban J connectivity index is 1.58. The van der Waals surface area contributed by atoms with Crippen LogP contribution in [0.5, 0.6) is 11.5 Å². The van der Waals surface area contributed by atoms with E-state index in [1.165, 1.54) is 18.3 Å². The van der Waals surface area contributed by atoms with Gasteiger partial charge < -0.3 is 20.1 Å². The molecule has 3 rings (SSSR count). The molecule has 0 unspecified atom stereocenters. The van der Waals surface area contributed by atoms with Crippen LogP contribution in [0.2, 0.25) is 0 Å². The molecule has 0 spiro atoms. The fourth-order valence-corrected chi connectivity index (χ4v) is 2.81. The summed E-state index contributed by atoms with van der Waals surface area (Å²) in [6.07, 6.45) is 2.18. The number of aromatic nitrogens is 1. The molecule has 2 N–H and O–H groups in total. The average Bonchev–Trinajstić information content (AvgIpc) is 2.73. The molecule has 0 saturated heterocycles. The van der Waals surface area contributed by atoms with E-state index < -0.39 is 0 Å². The molecular formula is C22H22FN3O3. The van der Waals surface area contributed by atoms with Crippen LogP contribution in [0, 0.1) is 5.82 Å². The molecule has 2 aromatic carbocycles. The van der Waals surface area contributed by atoms with Gasteiger partial charge >= 0.3 is 0 Å². The fourth-order valence-electron chi connectivity index (χ4n) is 2.81. The maximum atomic E-state index is 13.3. The summed E-state index contributed by atoms with van der Waals surface area (Å²) in [5, 5.41) is 5.88. The summed E-state index contributed by atoms with van der Waals surface area (Å²) in [5.41, 5.74) is 2.04. The van der Waals surface area contributed by atoms with E-state index in [9.17, 15) is 9.18 Å². The average molecular weight is 395 g/mol. The van der Waals surface area contributed by atoms with Crippen LogP contribution in [0.1, 0.15) is 15.9 Å². The van der Waals surface area contributed by atoms with Gasteiger partial charge in [0.2, 0.25) is 0 Å². The first-order chi connectivity index (χ1) is 14.1. The Kier molecular flexibility index (Phi) is 6.63. The van der Waals surface area contributed by atoms with E-state index in [1.54, 1.807) is 38.5 Å². The largest absolute Gasteiger partial charge is 0.493 e. The molecule has 6 nitrogen and oxygen atoms in total. The standard InChI is InChI=1S/C22H22FN3O3/c1-28-19-7-6-15(12-20(19)29-2)8-10-25-22(27)16-9-11-24-21(13-16)26-18-5-3-4-17(23)14-18/h3-7,9,11-14H,8,10H2,1-2H3,(H,24,26)(H,25,27). The molecule has 0 bridgehead atoms. The van der Waals surface area contributed by atoms with Crippen LogP contribution in [0.25, 0.3) is 0 Å². The van der Waals surface area contributed by atoms with E-state index in [-0.39, 0.29) is 11.7 Å². The van der Waals surface area contributed by atoms with Gasteiger partial charge in [0, 0.05) is 24.0 Å². The number of hydrogen-bond acceptors (Lipinski definition) is 5. The zero-order valence-corrected chi connectivity index (χ0v) is 16.2. The Morgan fingerprint density at radius 3 is 2.62 bits per heavy atom. The Morgan fingerprint density at radius 2 is 1.86 bits per heavy atom. The van der Waals surface area contributed by atoms with E-state index in [0.29, 0.717) is 41.5 Å². The summed E-state index contributed by atoms with van der Waals surface area (Å²) in [4.78, 5) is 16.6. The number of carbonyl (C=O) groups excluding carboxylic acids is 1. The number of pyridine rings is 1. The summed E-state index contributed by atoms with van der Waals surface area (Å²) in [5.74, 6) is 1.21. The van der Waals surface area contributed by atoms with E-state index in [2.05, 4.69) is 15.6 Å². The second-order valence-electron chi connectivity index (χ2n) is 6.26. The predicted octanol–water partition coefficient (Wildman–Crippen LogP) is 3.95. The van der Waals surface area contributed by atoms with Crippen LogP contribution in [-0.2, 0) is 6.42 Å². The lowest BCUT2D eigenvalue weighted by atomic mass is 10.1. The first-order valence-corrected chi connectivity index (χ1v) is 9.07. The predicted molar refractivity (Wildman–Crippen MR) is 110 cm³/mol. The van der Waals surface area contributed by atoms with Gasteiger partial charge in [-0.25, -0.2) is 9.37 Å². The lowest BCUT2D eigenvalue weighted by molar-refractivity contribution is 0.0954. The summed E-state index contributed by atoms with van der Waals surface area (Å²) in [6.45, 7) is 0.462. The quantitative estimate of drug-likeness (QED) is 0.604. The molecule has 1 amide bonds. The number of rotatable bonds is 8. The Morgan fingerprint density at radius 1 is 1.03 bits per heavy atom. The van der Waals surface area contributed by atoms with Crippen LogP contribution < -0.4 is 20.1 Å². The normalized spacial score (nSPS) is 10.3. The molecule has 0 aliphatic heterocycles. The molecule has 0 saturated carbocycles. The Hall–Kier alpha value is -3.61. The lowest BCUT2D eigenvalue weighted by Gasteiger charge is -2.11. The molecular weight excluding hydrogens is 373 g/mol. The SMILES string of the molecule is COc1ccc(CCNC(=O)c2ccnc(Nc3cccc(F)c3)c2)cc1OC. The van der Waals surface area contributed by atoms with Crippen molar-refractivity contribution in [3.63, 3.8) is 0 Å². The van der Waals surface area contributed by atoms with Crippen molar-refractivity contribution in [2.45, 2.75) is 6.42 Å². The number of anilines is 2. The van der Waals surface area contributed by atoms with Gasteiger partial charge in [-0.1, -0.05) is 12.1 Å².